The van der Waals surface area contributed by atoms with Crippen molar-refractivity contribution in [2.45, 2.75) is 0 Å². The zero-order chi connectivity index (χ0) is 15.9. The van der Waals surface area contributed by atoms with Gasteiger partial charge in [0.25, 0.3) is 0 Å². The van der Waals surface area contributed by atoms with Gasteiger partial charge >= 0.3 is 5.97 Å². The Kier molecular flexibility index (Phi) is 5.44. The fraction of sp³-hybridized carbons (Fsp3) is 0.118. The van der Waals surface area contributed by atoms with Crippen molar-refractivity contribution >= 4 is 23.6 Å². The predicted octanol–water partition coefficient (Wildman–Crippen LogP) is 3.98. The van der Waals surface area contributed by atoms with Crippen LogP contribution in [-0.2, 0) is 4.79 Å². The maximum Gasteiger partial charge on any atom is 0.336 e. The molecule has 0 aliphatic heterocycles. The van der Waals surface area contributed by atoms with E-state index in [1.165, 1.54) is 20.3 Å². The minimum Gasteiger partial charge on any atom is -0.496 e. The highest BCUT2D eigenvalue weighted by molar-refractivity contribution is 6.30. The van der Waals surface area contributed by atoms with Gasteiger partial charge in [-0.3, -0.25) is 0 Å². The van der Waals surface area contributed by atoms with Crippen LogP contribution in [0.1, 0.15) is 5.56 Å². The van der Waals surface area contributed by atoms with Crippen LogP contribution < -0.4 is 14.2 Å². The van der Waals surface area contributed by atoms with Crippen LogP contribution >= 0.6 is 11.6 Å². The Bertz CT molecular complexity index is 673. The van der Waals surface area contributed by atoms with E-state index in [4.69, 9.17) is 25.8 Å². The van der Waals surface area contributed by atoms with Crippen molar-refractivity contribution in [1.82, 2.24) is 0 Å². The minimum atomic E-state index is -0.504. The topological polar surface area (TPSA) is 44.8 Å². The van der Waals surface area contributed by atoms with Gasteiger partial charge in [-0.05, 0) is 23.8 Å². The van der Waals surface area contributed by atoms with Crippen molar-refractivity contribution in [3.8, 4) is 17.2 Å². The van der Waals surface area contributed by atoms with Crippen LogP contribution in [0.5, 0.6) is 17.2 Å². The summed E-state index contributed by atoms with van der Waals surface area (Å²) in [6.45, 7) is 0. The van der Waals surface area contributed by atoms with Gasteiger partial charge in [0, 0.05) is 29.3 Å². The zero-order valence-corrected chi connectivity index (χ0v) is 13.0. The fourth-order valence-corrected chi connectivity index (χ4v) is 1.96. The van der Waals surface area contributed by atoms with Crippen molar-refractivity contribution in [3.05, 3.63) is 59.1 Å². The molecule has 114 valence electrons. The van der Waals surface area contributed by atoms with E-state index in [0.29, 0.717) is 22.3 Å². The number of methoxy groups -OCH3 is 2. The molecule has 0 unspecified atom stereocenters. The lowest BCUT2D eigenvalue weighted by Crippen LogP contribution is -2.04. The zero-order valence-electron chi connectivity index (χ0n) is 12.2. The van der Waals surface area contributed by atoms with E-state index in [9.17, 15) is 4.79 Å². The SMILES string of the molecule is COc1cc(OC)cc(OC(=O)/C=C/c2cccc(Cl)c2)c1. The second-order valence-electron chi connectivity index (χ2n) is 4.36. The molecule has 5 heteroatoms. The van der Waals surface area contributed by atoms with Gasteiger partial charge in [0.1, 0.15) is 17.2 Å². The summed E-state index contributed by atoms with van der Waals surface area (Å²) in [6.07, 6.45) is 2.96. The number of esters is 1. The van der Waals surface area contributed by atoms with Crippen molar-refractivity contribution in [3.63, 3.8) is 0 Å². The molecule has 0 fully saturated rings. The van der Waals surface area contributed by atoms with Gasteiger partial charge in [-0.15, -0.1) is 0 Å². The Morgan fingerprint density at radius 1 is 1.00 bits per heavy atom. The molecule has 2 rings (SSSR count). The van der Waals surface area contributed by atoms with Crippen LogP contribution in [0.25, 0.3) is 6.08 Å². The standard InChI is InChI=1S/C17H15ClO4/c1-20-14-9-15(21-2)11-16(10-14)22-17(19)7-6-12-4-3-5-13(18)8-12/h3-11H,1-2H3/b7-6+. The van der Waals surface area contributed by atoms with E-state index >= 15 is 0 Å². The first-order valence-electron chi connectivity index (χ1n) is 6.49. The lowest BCUT2D eigenvalue weighted by molar-refractivity contribution is -0.128. The quantitative estimate of drug-likeness (QED) is 0.475. The molecule has 0 saturated heterocycles. The molecule has 0 atom stereocenters. The molecule has 0 heterocycles. The number of halogens is 1. The lowest BCUT2D eigenvalue weighted by Gasteiger charge is -2.07. The van der Waals surface area contributed by atoms with Gasteiger partial charge in [0.05, 0.1) is 14.2 Å². The Labute approximate surface area is 133 Å². The molecule has 0 N–H and O–H groups in total. The van der Waals surface area contributed by atoms with Crippen molar-refractivity contribution in [2.75, 3.05) is 14.2 Å². The monoisotopic (exact) mass is 318 g/mol. The summed E-state index contributed by atoms with van der Waals surface area (Å²) in [7, 11) is 3.05. The molecule has 0 amide bonds. The van der Waals surface area contributed by atoms with Crippen molar-refractivity contribution < 1.29 is 19.0 Å². The smallest absolute Gasteiger partial charge is 0.336 e. The van der Waals surface area contributed by atoms with Gasteiger partial charge < -0.3 is 14.2 Å². The summed E-state index contributed by atoms with van der Waals surface area (Å²) in [5.74, 6) is 0.925. The Morgan fingerprint density at radius 2 is 1.64 bits per heavy atom. The molecular formula is C17H15ClO4. The Balaban J connectivity index is 2.08. The second kappa shape index (κ2) is 7.52. The summed E-state index contributed by atoms with van der Waals surface area (Å²) < 4.78 is 15.5. The lowest BCUT2D eigenvalue weighted by atomic mass is 10.2. The van der Waals surface area contributed by atoms with Crippen LogP contribution in [0.3, 0.4) is 0 Å². The Hall–Kier alpha value is -2.46. The van der Waals surface area contributed by atoms with E-state index in [2.05, 4.69) is 0 Å². The highest BCUT2D eigenvalue weighted by Gasteiger charge is 2.06. The summed E-state index contributed by atoms with van der Waals surface area (Å²) in [5, 5.41) is 0.605. The maximum absolute atomic E-state index is 11.8. The minimum absolute atomic E-state index is 0.344. The molecule has 0 aromatic heterocycles. The maximum atomic E-state index is 11.8. The van der Waals surface area contributed by atoms with Crippen LogP contribution in [0, 0.1) is 0 Å². The molecule has 0 saturated carbocycles. The summed E-state index contributed by atoms with van der Waals surface area (Å²) >= 11 is 5.88. The number of carbonyl (C=O) groups excluding carboxylic acids is 1. The highest BCUT2D eigenvalue weighted by Crippen LogP contribution is 2.27. The molecule has 4 nitrogen and oxygen atoms in total. The first-order chi connectivity index (χ1) is 10.6. The molecule has 0 aliphatic carbocycles. The summed E-state index contributed by atoms with van der Waals surface area (Å²) in [6, 6.07) is 12.1. The van der Waals surface area contributed by atoms with Gasteiger partial charge in [0.2, 0.25) is 0 Å². The average Bonchev–Trinajstić information content (AvgIpc) is 2.52. The molecule has 2 aromatic rings. The van der Waals surface area contributed by atoms with Crippen LogP contribution in [0.15, 0.2) is 48.5 Å². The number of carbonyl (C=O) groups is 1. The van der Waals surface area contributed by atoms with Gasteiger partial charge in [-0.1, -0.05) is 23.7 Å². The van der Waals surface area contributed by atoms with E-state index in [-0.39, 0.29) is 0 Å². The third kappa shape index (κ3) is 4.53. The third-order valence-electron chi connectivity index (χ3n) is 2.80. The summed E-state index contributed by atoms with van der Waals surface area (Å²) in [5.41, 5.74) is 0.813. The fourth-order valence-electron chi connectivity index (χ4n) is 1.76. The third-order valence-corrected chi connectivity index (χ3v) is 3.04. The van der Waals surface area contributed by atoms with E-state index < -0.39 is 5.97 Å². The summed E-state index contributed by atoms with van der Waals surface area (Å²) in [4.78, 5) is 11.8. The molecule has 0 spiro atoms. The predicted molar refractivity (Wildman–Crippen MR) is 85.7 cm³/mol. The molecule has 2 aromatic carbocycles. The van der Waals surface area contributed by atoms with Gasteiger partial charge in [-0.2, -0.15) is 0 Å². The van der Waals surface area contributed by atoms with Gasteiger partial charge in [0.15, 0.2) is 0 Å². The Morgan fingerprint density at radius 3 is 2.23 bits per heavy atom. The molecular weight excluding hydrogens is 304 g/mol. The number of ether oxygens (including phenoxy) is 3. The van der Waals surface area contributed by atoms with Crippen LogP contribution in [0.4, 0.5) is 0 Å². The van der Waals surface area contributed by atoms with E-state index in [0.717, 1.165) is 5.56 Å². The number of hydrogen-bond acceptors (Lipinski definition) is 4. The number of benzene rings is 2. The van der Waals surface area contributed by atoms with Crippen LogP contribution in [0.2, 0.25) is 5.02 Å². The first kappa shape index (κ1) is 15.9. The van der Waals surface area contributed by atoms with Crippen molar-refractivity contribution in [2.24, 2.45) is 0 Å². The number of rotatable bonds is 5. The molecule has 0 radical (unpaired) electrons. The van der Waals surface area contributed by atoms with Gasteiger partial charge in [-0.25, -0.2) is 4.79 Å². The largest absolute Gasteiger partial charge is 0.496 e. The number of hydrogen-bond donors (Lipinski definition) is 0. The second-order valence-corrected chi connectivity index (χ2v) is 4.79. The van der Waals surface area contributed by atoms with E-state index in [1.807, 2.05) is 6.07 Å². The molecule has 22 heavy (non-hydrogen) atoms. The normalized spacial score (nSPS) is 10.5. The highest BCUT2D eigenvalue weighted by atomic mass is 35.5. The van der Waals surface area contributed by atoms with Crippen LogP contribution in [-0.4, -0.2) is 20.2 Å². The molecule has 0 aliphatic rings. The molecule has 0 bridgehead atoms. The van der Waals surface area contributed by atoms with Crippen molar-refractivity contribution in [1.29, 1.82) is 0 Å². The van der Waals surface area contributed by atoms with E-state index in [1.54, 1.807) is 42.5 Å². The first-order valence-corrected chi connectivity index (χ1v) is 6.87. The average molecular weight is 319 g/mol.